The number of likely N-dealkylation sites (tertiary alicyclic amines) is 1. The first-order chi connectivity index (χ1) is 18.9. The van der Waals surface area contributed by atoms with Crippen molar-refractivity contribution in [2.45, 2.75) is 50.2 Å². The fourth-order valence-electron chi connectivity index (χ4n) is 6.67. The standard InChI is InChI=1S/C30H33FN6O2/c1-30-10-9-19(35-30)15-37(17-30)28-24-14-32-26(23-13-21(38)12-18-6-3-4-8-22(18)23)25(31)27(24)33-29(34-28)39-16-20-7-5-11-36(20)2/h3-4,6,8,12-14,19-20,35,38H,5,7,9-11,15-17H2,1-2H3/t19?,20-,30?/m0/s1. The summed E-state index contributed by atoms with van der Waals surface area (Å²) in [5.41, 5.74) is 0.837. The second-order valence-corrected chi connectivity index (χ2v) is 11.6. The van der Waals surface area contributed by atoms with Gasteiger partial charge in [-0.25, -0.2) is 4.39 Å². The molecular weight excluding hydrogens is 495 g/mol. The summed E-state index contributed by atoms with van der Waals surface area (Å²) in [4.78, 5) is 18.6. The Bertz CT molecular complexity index is 1580. The number of anilines is 1. The van der Waals surface area contributed by atoms with E-state index >= 15 is 4.39 Å². The SMILES string of the molecule is CN1CCC[C@H]1COc1nc(N2CC3CCC(C)(C2)N3)c2cnc(-c3cc(O)cc4ccccc34)c(F)c2n1. The maximum Gasteiger partial charge on any atom is 0.319 e. The molecule has 39 heavy (non-hydrogen) atoms. The molecule has 4 aromatic rings. The highest BCUT2D eigenvalue weighted by Crippen LogP contribution is 2.38. The first-order valence-electron chi connectivity index (χ1n) is 13.8. The fourth-order valence-corrected chi connectivity index (χ4v) is 6.67. The molecule has 2 bridgehead atoms. The molecule has 202 valence electrons. The van der Waals surface area contributed by atoms with Gasteiger partial charge in [-0.2, -0.15) is 9.97 Å². The van der Waals surface area contributed by atoms with Gasteiger partial charge in [0.2, 0.25) is 0 Å². The Hall–Kier alpha value is -3.56. The Labute approximate surface area is 226 Å². The van der Waals surface area contributed by atoms with Gasteiger partial charge in [0.05, 0.1) is 5.39 Å². The summed E-state index contributed by atoms with van der Waals surface area (Å²) in [5.74, 6) is 0.176. The number of ether oxygens (including phenoxy) is 1. The van der Waals surface area contributed by atoms with Crippen LogP contribution in [-0.4, -0.2) is 75.9 Å². The van der Waals surface area contributed by atoms with Gasteiger partial charge in [-0.15, -0.1) is 0 Å². The molecule has 3 atom stereocenters. The molecule has 0 amide bonds. The Morgan fingerprint density at radius 3 is 2.87 bits per heavy atom. The quantitative estimate of drug-likeness (QED) is 0.392. The Balaban J connectivity index is 1.36. The number of likely N-dealkylation sites (N-methyl/N-ethyl adjacent to an activating group) is 1. The van der Waals surface area contributed by atoms with Crippen LogP contribution in [0.15, 0.2) is 42.6 Å². The number of halogens is 1. The minimum absolute atomic E-state index is 0.0137. The van der Waals surface area contributed by atoms with E-state index in [0.717, 1.165) is 56.1 Å². The van der Waals surface area contributed by atoms with E-state index < -0.39 is 5.82 Å². The number of fused-ring (bicyclic) bond motifs is 4. The van der Waals surface area contributed by atoms with E-state index in [1.54, 1.807) is 18.3 Å². The third kappa shape index (κ3) is 4.33. The molecule has 3 saturated heterocycles. The van der Waals surface area contributed by atoms with Crippen molar-refractivity contribution in [3.05, 3.63) is 48.4 Å². The van der Waals surface area contributed by atoms with Gasteiger partial charge in [0.25, 0.3) is 0 Å². The van der Waals surface area contributed by atoms with E-state index in [1.807, 2.05) is 24.3 Å². The molecule has 0 aliphatic carbocycles. The second-order valence-electron chi connectivity index (χ2n) is 11.6. The van der Waals surface area contributed by atoms with Crippen molar-refractivity contribution in [1.82, 2.24) is 25.2 Å². The number of hydrogen-bond acceptors (Lipinski definition) is 8. The molecule has 5 heterocycles. The summed E-state index contributed by atoms with van der Waals surface area (Å²) in [7, 11) is 2.10. The van der Waals surface area contributed by atoms with Crippen molar-refractivity contribution in [2.75, 3.05) is 38.2 Å². The third-order valence-electron chi connectivity index (χ3n) is 8.70. The van der Waals surface area contributed by atoms with Crippen molar-refractivity contribution in [3.8, 4) is 23.0 Å². The molecular formula is C30H33FN6O2. The molecule has 3 aliphatic rings. The molecule has 9 heteroatoms. The topological polar surface area (TPSA) is 86.6 Å². The minimum atomic E-state index is -0.543. The summed E-state index contributed by atoms with van der Waals surface area (Å²) < 4.78 is 22.6. The molecule has 2 N–H and O–H groups in total. The zero-order valence-corrected chi connectivity index (χ0v) is 22.3. The minimum Gasteiger partial charge on any atom is -0.508 e. The van der Waals surface area contributed by atoms with Crippen LogP contribution >= 0.6 is 0 Å². The number of nitrogens with zero attached hydrogens (tertiary/aromatic N) is 5. The van der Waals surface area contributed by atoms with Crippen molar-refractivity contribution in [1.29, 1.82) is 0 Å². The van der Waals surface area contributed by atoms with Crippen LogP contribution in [-0.2, 0) is 0 Å². The normalized spacial score (nSPS) is 25.2. The van der Waals surface area contributed by atoms with Crippen molar-refractivity contribution < 1.29 is 14.2 Å². The maximum atomic E-state index is 16.5. The van der Waals surface area contributed by atoms with Gasteiger partial charge in [-0.05, 0) is 69.1 Å². The zero-order chi connectivity index (χ0) is 26.7. The van der Waals surface area contributed by atoms with E-state index in [0.29, 0.717) is 29.4 Å². The highest BCUT2D eigenvalue weighted by atomic mass is 19.1. The molecule has 8 nitrogen and oxygen atoms in total. The van der Waals surface area contributed by atoms with E-state index in [1.165, 1.54) is 0 Å². The molecule has 0 saturated carbocycles. The highest BCUT2D eigenvalue weighted by molar-refractivity contribution is 5.99. The molecule has 2 aromatic heterocycles. The summed E-state index contributed by atoms with van der Waals surface area (Å²) in [6.45, 7) is 5.29. The largest absolute Gasteiger partial charge is 0.508 e. The summed E-state index contributed by atoms with van der Waals surface area (Å²) >= 11 is 0. The number of rotatable bonds is 5. The first kappa shape index (κ1) is 24.5. The van der Waals surface area contributed by atoms with Gasteiger partial charge < -0.3 is 25.0 Å². The van der Waals surface area contributed by atoms with Crippen molar-refractivity contribution >= 4 is 27.5 Å². The summed E-state index contributed by atoms with van der Waals surface area (Å²) in [6, 6.07) is 11.7. The number of aromatic hydroxyl groups is 1. The number of hydrogen-bond donors (Lipinski definition) is 2. The zero-order valence-electron chi connectivity index (χ0n) is 22.3. The van der Waals surface area contributed by atoms with Crippen LogP contribution in [0.25, 0.3) is 32.9 Å². The average molecular weight is 529 g/mol. The summed E-state index contributed by atoms with van der Waals surface area (Å²) in [6.07, 6.45) is 6.06. The lowest BCUT2D eigenvalue weighted by Gasteiger charge is -2.40. The predicted molar refractivity (Wildman–Crippen MR) is 150 cm³/mol. The van der Waals surface area contributed by atoms with Crippen LogP contribution in [0, 0.1) is 5.82 Å². The van der Waals surface area contributed by atoms with Crippen LogP contribution in [0.4, 0.5) is 10.2 Å². The molecule has 0 spiro atoms. The monoisotopic (exact) mass is 528 g/mol. The van der Waals surface area contributed by atoms with Crippen LogP contribution in [0.2, 0.25) is 0 Å². The van der Waals surface area contributed by atoms with Gasteiger partial charge in [0.15, 0.2) is 5.82 Å². The Morgan fingerprint density at radius 1 is 1.18 bits per heavy atom. The molecule has 7 rings (SSSR count). The second kappa shape index (κ2) is 9.27. The number of phenols is 1. The number of nitrogens with one attached hydrogen (secondary N) is 1. The van der Waals surface area contributed by atoms with Gasteiger partial charge in [-0.3, -0.25) is 4.98 Å². The van der Waals surface area contributed by atoms with Crippen LogP contribution in [0.5, 0.6) is 11.8 Å². The fraction of sp³-hybridized carbons (Fsp3) is 0.433. The number of phenolic OH excluding ortho intramolecular Hbond substituents is 1. The lowest BCUT2D eigenvalue weighted by atomic mass is 9.99. The van der Waals surface area contributed by atoms with E-state index in [4.69, 9.17) is 9.72 Å². The van der Waals surface area contributed by atoms with Gasteiger partial charge >= 0.3 is 6.01 Å². The first-order valence-corrected chi connectivity index (χ1v) is 13.8. The van der Waals surface area contributed by atoms with Crippen molar-refractivity contribution in [2.24, 2.45) is 0 Å². The highest BCUT2D eigenvalue weighted by Gasteiger charge is 2.42. The lowest BCUT2D eigenvalue weighted by Crippen LogP contribution is -2.58. The maximum absolute atomic E-state index is 16.5. The molecule has 2 unspecified atom stereocenters. The third-order valence-corrected chi connectivity index (χ3v) is 8.70. The Morgan fingerprint density at radius 2 is 2.05 bits per heavy atom. The lowest BCUT2D eigenvalue weighted by molar-refractivity contribution is 0.188. The van der Waals surface area contributed by atoms with Crippen LogP contribution in [0.3, 0.4) is 0 Å². The number of piperazine rings is 1. The molecule has 0 radical (unpaired) electrons. The number of pyridine rings is 1. The summed E-state index contributed by atoms with van der Waals surface area (Å²) in [5, 5.41) is 16.3. The van der Waals surface area contributed by atoms with Crippen molar-refractivity contribution in [3.63, 3.8) is 0 Å². The smallest absolute Gasteiger partial charge is 0.319 e. The van der Waals surface area contributed by atoms with Gasteiger partial charge in [0.1, 0.15) is 29.4 Å². The predicted octanol–water partition coefficient (Wildman–Crippen LogP) is 4.49. The average Bonchev–Trinajstić information content (AvgIpc) is 3.46. The molecule has 2 aromatic carbocycles. The van der Waals surface area contributed by atoms with E-state index in [9.17, 15) is 5.11 Å². The number of aromatic nitrogens is 3. The Kier molecular flexibility index (Phi) is 5.82. The number of benzene rings is 2. The van der Waals surface area contributed by atoms with E-state index in [-0.39, 0.29) is 34.6 Å². The molecule has 3 aliphatic heterocycles. The molecule has 3 fully saturated rings. The van der Waals surface area contributed by atoms with Gasteiger partial charge in [-0.1, -0.05) is 24.3 Å². The van der Waals surface area contributed by atoms with Crippen LogP contribution in [0.1, 0.15) is 32.6 Å². The van der Waals surface area contributed by atoms with Crippen LogP contribution < -0.4 is 15.0 Å². The van der Waals surface area contributed by atoms with Gasteiger partial charge in [0, 0.05) is 42.5 Å². The van der Waals surface area contributed by atoms with E-state index in [2.05, 4.69) is 39.1 Å².